The lowest BCUT2D eigenvalue weighted by molar-refractivity contribution is 0.360. The van der Waals surface area contributed by atoms with Gasteiger partial charge in [0.15, 0.2) is 5.69 Å². The molecule has 0 spiro atoms. The first-order chi connectivity index (χ1) is 15.7. The second-order valence-corrected chi connectivity index (χ2v) is 9.24. The maximum Gasteiger partial charge on any atom is 0.189 e. The Kier molecular flexibility index (Phi) is 11.4. The van der Waals surface area contributed by atoms with E-state index >= 15 is 0 Å². The van der Waals surface area contributed by atoms with Crippen molar-refractivity contribution in [3.63, 3.8) is 0 Å². The zero-order valence-corrected chi connectivity index (χ0v) is 21.8. The number of nitrogens with two attached hydrogens (primary N) is 1. The van der Waals surface area contributed by atoms with Gasteiger partial charge in [-0.15, -0.1) is 24.8 Å². The Labute approximate surface area is 216 Å². The fourth-order valence-corrected chi connectivity index (χ4v) is 5.26. The fraction of sp³-hybridized carbons (Fsp3) is 0.464. The lowest BCUT2D eigenvalue weighted by atomic mass is 9.87. The van der Waals surface area contributed by atoms with Crippen molar-refractivity contribution in [1.29, 1.82) is 0 Å². The van der Waals surface area contributed by atoms with Gasteiger partial charge in [-0.3, -0.25) is 0 Å². The lowest BCUT2D eigenvalue weighted by Gasteiger charge is -2.24. The molecule has 0 radical (unpaired) electrons. The average Bonchev–Trinajstić information content (AvgIpc) is 3.20. The molecule has 0 aliphatic heterocycles. The number of hydrogen-bond acceptors (Lipinski definition) is 2. The van der Waals surface area contributed by atoms with Crippen LogP contribution in [0.25, 0.3) is 15.7 Å². The molecule has 0 amide bonds. The molecule has 3 N–H and O–H groups in total. The molecule has 3 aromatic rings. The third-order valence-corrected chi connectivity index (χ3v) is 6.93. The quantitative estimate of drug-likeness (QED) is 0.239. The van der Waals surface area contributed by atoms with Crippen molar-refractivity contribution in [3.8, 4) is 0 Å². The smallest absolute Gasteiger partial charge is 0.189 e. The molecule has 4 nitrogen and oxygen atoms in total. The zero-order chi connectivity index (χ0) is 22.3. The molecule has 1 unspecified atom stereocenters. The minimum Gasteiger partial charge on any atom is -0.345 e. The van der Waals surface area contributed by atoms with E-state index < -0.39 is 0 Å². The Hall–Kier alpha value is -2.03. The lowest BCUT2D eigenvalue weighted by Crippen LogP contribution is -2.21. The Morgan fingerprint density at radius 1 is 1.09 bits per heavy atom. The summed E-state index contributed by atoms with van der Waals surface area (Å²) in [5.74, 6) is 0.325. The SMILES string of the molecule is Cl.Cl.[C-]#[N+]c1ccc2c(C(CCNCCCN)c3cccc(C)c3)cn(C3CCCCC3)c2c1. The van der Waals surface area contributed by atoms with Gasteiger partial charge in [-0.25, -0.2) is 4.85 Å². The van der Waals surface area contributed by atoms with Crippen LogP contribution in [0.15, 0.2) is 48.7 Å². The number of benzene rings is 2. The van der Waals surface area contributed by atoms with Crippen molar-refractivity contribution in [3.05, 3.63) is 76.8 Å². The van der Waals surface area contributed by atoms with Crippen LogP contribution in [0.4, 0.5) is 5.69 Å². The van der Waals surface area contributed by atoms with Crippen LogP contribution in [-0.2, 0) is 0 Å². The summed E-state index contributed by atoms with van der Waals surface area (Å²) in [5.41, 5.74) is 11.7. The summed E-state index contributed by atoms with van der Waals surface area (Å²) < 4.78 is 2.50. The normalized spacial score (nSPS) is 14.7. The van der Waals surface area contributed by atoms with Gasteiger partial charge in [0, 0.05) is 29.1 Å². The number of nitrogens with zero attached hydrogens (tertiary/aromatic N) is 2. The number of halogens is 2. The molecule has 184 valence electrons. The van der Waals surface area contributed by atoms with Crippen LogP contribution < -0.4 is 11.1 Å². The Morgan fingerprint density at radius 3 is 2.59 bits per heavy atom. The molecular weight excluding hydrogens is 463 g/mol. The number of aryl methyl sites for hydroxylation is 1. The molecule has 4 rings (SSSR count). The van der Waals surface area contributed by atoms with Crippen LogP contribution in [0, 0.1) is 13.5 Å². The Balaban J connectivity index is 0.00000204. The molecular formula is C28H38Cl2N4. The second-order valence-electron chi connectivity index (χ2n) is 9.24. The van der Waals surface area contributed by atoms with E-state index in [1.165, 1.54) is 59.7 Å². The number of aromatic nitrogens is 1. The zero-order valence-electron chi connectivity index (χ0n) is 20.1. The van der Waals surface area contributed by atoms with E-state index in [1.54, 1.807) is 0 Å². The number of hydrogen-bond donors (Lipinski definition) is 2. The molecule has 1 heterocycles. The molecule has 34 heavy (non-hydrogen) atoms. The summed E-state index contributed by atoms with van der Waals surface area (Å²) in [4.78, 5) is 3.73. The van der Waals surface area contributed by atoms with Crippen molar-refractivity contribution in [2.45, 2.75) is 63.8 Å². The maximum atomic E-state index is 7.53. The Morgan fingerprint density at radius 2 is 1.88 bits per heavy atom. The standard InChI is InChI=1S/C28H36N4.2ClH/c1-21-8-6-9-22(18-21)25(14-17-31-16-7-15-29)27-20-32(24-10-4-3-5-11-24)28-19-23(30-2)12-13-26(27)28;;/h6,8-9,12-13,18-20,24-25,31H,3-5,7,10-11,14-17,29H2,1H3;2*1H. The van der Waals surface area contributed by atoms with Gasteiger partial charge >= 0.3 is 0 Å². The van der Waals surface area contributed by atoms with Gasteiger partial charge in [-0.2, -0.15) is 0 Å². The molecule has 0 saturated heterocycles. The summed E-state index contributed by atoms with van der Waals surface area (Å²) in [6, 6.07) is 15.8. The number of fused-ring (bicyclic) bond motifs is 1. The van der Waals surface area contributed by atoms with E-state index in [9.17, 15) is 0 Å². The first-order valence-electron chi connectivity index (χ1n) is 12.2. The van der Waals surface area contributed by atoms with E-state index in [-0.39, 0.29) is 24.8 Å². The van der Waals surface area contributed by atoms with Crippen molar-refractivity contribution in [1.82, 2.24) is 9.88 Å². The second kappa shape index (κ2) is 13.8. The van der Waals surface area contributed by atoms with E-state index in [1.807, 2.05) is 6.07 Å². The van der Waals surface area contributed by atoms with Crippen LogP contribution in [0.1, 0.15) is 73.6 Å². The van der Waals surface area contributed by atoms with Crippen molar-refractivity contribution in [2.75, 3.05) is 19.6 Å². The number of nitrogens with one attached hydrogen (secondary N) is 1. The number of rotatable bonds is 9. The highest BCUT2D eigenvalue weighted by molar-refractivity contribution is 5.88. The molecule has 1 aliphatic carbocycles. The van der Waals surface area contributed by atoms with Gasteiger partial charge in [0.1, 0.15) is 0 Å². The maximum absolute atomic E-state index is 7.53. The van der Waals surface area contributed by atoms with Crippen LogP contribution in [-0.4, -0.2) is 24.2 Å². The van der Waals surface area contributed by atoms with Gasteiger partial charge in [0.25, 0.3) is 0 Å². The third-order valence-electron chi connectivity index (χ3n) is 6.93. The highest BCUT2D eigenvalue weighted by Gasteiger charge is 2.24. The topological polar surface area (TPSA) is 47.3 Å². The predicted molar refractivity (Wildman–Crippen MR) is 149 cm³/mol. The predicted octanol–water partition coefficient (Wildman–Crippen LogP) is 7.31. The van der Waals surface area contributed by atoms with Gasteiger partial charge < -0.3 is 15.6 Å². The molecule has 1 fully saturated rings. The minimum atomic E-state index is 0. The molecule has 2 aromatic carbocycles. The van der Waals surface area contributed by atoms with Gasteiger partial charge in [-0.1, -0.05) is 61.2 Å². The van der Waals surface area contributed by atoms with Crippen molar-refractivity contribution in [2.24, 2.45) is 5.73 Å². The molecule has 6 heteroatoms. The van der Waals surface area contributed by atoms with E-state index in [0.717, 1.165) is 38.2 Å². The fourth-order valence-electron chi connectivity index (χ4n) is 5.26. The highest BCUT2D eigenvalue weighted by Crippen LogP contribution is 2.40. The summed E-state index contributed by atoms with van der Waals surface area (Å²) in [5, 5.41) is 4.88. The summed E-state index contributed by atoms with van der Waals surface area (Å²) in [6.45, 7) is 12.4. The van der Waals surface area contributed by atoms with Crippen LogP contribution >= 0.6 is 24.8 Å². The first kappa shape index (κ1) is 28.2. The average molecular weight is 502 g/mol. The van der Waals surface area contributed by atoms with Crippen molar-refractivity contribution < 1.29 is 0 Å². The molecule has 1 aliphatic rings. The molecule has 1 saturated carbocycles. The van der Waals surface area contributed by atoms with Crippen LogP contribution in [0.5, 0.6) is 0 Å². The van der Waals surface area contributed by atoms with E-state index in [2.05, 4.69) is 64.2 Å². The van der Waals surface area contributed by atoms with E-state index in [0.29, 0.717) is 12.0 Å². The largest absolute Gasteiger partial charge is 0.345 e. The van der Waals surface area contributed by atoms with Crippen LogP contribution in [0.2, 0.25) is 0 Å². The third kappa shape index (κ3) is 6.55. The van der Waals surface area contributed by atoms with Gasteiger partial charge in [0.2, 0.25) is 0 Å². The summed E-state index contributed by atoms with van der Waals surface area (Å²) in [7, 11) is 0. The van der Waals surface area contributed by atoms with Gasteiger partial charge in [-0.05, 0) is 69.4 Å². The monoisotopic (exact) mass is 500 g/mol. The highest BCUT2D eigenvalue weighted by atomic mass is 35.5. The van der Waals surface area contributed by atoms with Crippen LogP contribution in [0.3, 0.4) is 0 Å². The molecule has 0 bridgehead atoms. The summed E-state index contributed by atoms with van der Waals surface area (Å²) in [6.07, 6.45) is 10.9. The summed E-state index contributed by atoms with van der Waals surface area (Å²) >= 11 is 0. The molecule has 1 aromatic heterocycles. The van der Waals surface area contributed by atoms with Crippen molar-refractivity contribution >= 4 is 41.4 Å². The minimum absolute atomic E-state index is 0. The molecule has 1 atom stereocenters. The van der Waals surface area contributed by atoms with E-state index in [4.69, 9.17) is 12.3 Å². The Bertz CT molecular complexity index is 1080. The first-order valence-corrected chi connectivity index (χ1v) is 12.2. The van der Waals surface area contributed by atoms with Gasteiger partial charge in [0.05, 0.1) is 6.57 Å².